The number of piperidine rings is 1. The summed E-state index contributed by atoms with van der Waals surface area (Å²) < 4.78 is 13.0. The molecular formula is C13H16FNO2. The van der Waals surface area contributed by atoms with Gasteiger partial charge in [-0.2, -0.15) is 0 Å². The average Bonchev–Trinajstić information content (AvgIpc) is 2.29. The van der Waals surface area contributed by atoms with E-state index < -0.39 is 5.97 Å². The first-order chi connectivity index (χ1) is 8.16. The Kier molecular flexibility index (Phi) is 3.74. The van der Waals surface area contributed by atoms with E-state index in [2.05, 4.69) is 5.32 Å². The molecule has 92 valence electrons. The summed E-state index contributed by atoms with van der Waals surface area (Å²) in [7, 11) is 0. The lowest BCUT2D eigenvalue weighted by molar-refractivity contribution is -0.144. The topological polar surface area (TPSA) is 49.3 Å². The third-order valence-electron chi connectivity index (χ3n) is 3.31. The van der Waals surface area contributed by atoms with E-state index in [-0.39, 0.29) is 17.7 Å². The summed E-state index contributed by atoms with van der Waals surface area (Å²) >= 11 is 0. The normalized spacial score (nSPS) is 24.5. The molecule has 0 bridgehead atoms. The number of rotatable bonds is 3. The first kappa shape index (κ1) is 12.0. The molecule has 1 heterocycles. The first-order valence-electron chi connectivity index (χ1n) is 5.85. The Hall–Kier alpha value is -1.42. The van der Waals surface area contributed by atoms with Crippen LogP contribution < -0.4 is 5.32 Å². The minimum Gasteiger partial charge on any atom is -0.481 e. The molecule has 1 fully saturated rings. The van der Waals surface area contributed by atoms with Crippen LogP contribution >= 0.6 is 0 Å². The van der Waals surface area contributed by atoms with Crippen molar-refractivity contribution in [3.63, 3.8) is 0 Å². The summed E-state index contributed by atoms with van der Waals surface area (Å²) in [6, 6.07) is 6.39. The number of aliphatic carboxylic acids is 1. The van der Waals surface area contributed by atoms with Crippen molar-refractivity contribution in [3.05, 3.63) is 35.6 Å². The number of carboxylic acid groups (broad SMARTS) is 1. The standard InChI is InChI=1S/C13H16FNO2/c14-11-3-1-2-9(7-11)6-10-8-15-5-4-12(10)13(16)17/h1-3,7,10,12,15H,4-6,8H2,(H,16,17). The Labute approximate surface area is 99.7 Å². The van der Waals surface area contributed by atoms with Crippen LogP contribution in [0.1, 0.15) is 12.0 Å². The highest BCUT2D eigenvalue weighted by Crippen LogP contribution is 2.23. The number of carbonyl (C=O) groups is 1. The maximum atomic E-state index is 13.0. The van der Waals surface area contributed by atoms with Crippen LogP contribution in [0.4, 0.5) is 4.39 Å². The Bertz CT molecular complexity index is 408. The second kappa shape index (κ2) is 5.27. The predicted octanol–water partition coefficient (Wildman–Crippen LogP) is 1.68. The van der Waals surface area contributed by atoms with Gasteiger partial charge in [0.1, 0.15) is 5.82 Å². The van der Waals surface area contributed by atoms with Crippen LogP contribution in [0, 0.1) is 17.7 Å². The van der Waals surface area contributed by atoms with Gasteiger partial charge in [0.05, 0.1) is 5.92 Å². The van der Waals surface area contributed by atoms with Crippen LogP contribution in [0.3, 0.4) is 0 Å². The second-order valence-electron chi connectivity index (χ2n) is 4.53. The molecule has 0 saturated carbocycles. The molecule has 2 unspecified atom stereocenters. The van der Waals surface area contributed by atoms with Gasteiger partial charge in [0, 0.05) is 0 Å². The molecule has 3 nitrogen and oxygen atoms in total. The molecule has 0 amide bonds. The van der Waals surface area contributed by atoms with Crippen LogP contribution in [0.5, 0.6) is 0 Å². The molecule has 1 aliphatic heterocycles. The summed E-state index contributed by atoms with van der Waals surface area (Å²) in [6.45, 7) is 1.43. The summed E-state index contributed by atoms with van der Waals surface area (Å²) in [5.74, 6) is -1.28. The molecule has 0 aliphatic carbocycles. The summed E-state index contributed by atoms with van der Waals surface area (Å²) in [5, 5.41) is 12.3. The van der Waals surface area contributed by atoms with Gasteiger partial charge in [0.25, 0.3) is 0 Å². The number of benzene rings is 1. The van der Waals surface area contributed by atoms with Crippen LogP contribution in [-0.2, 0) is 11.2 Å². The van der Waals surface area contributed by atoms with Crippen molar-refractivity contribution in [3.8, 4) is 0 Å². The van der Waals surface area contributed by atoms with E-state index in [9.17, 15) is 9.18 Å². The fourth-order valence-electron chi connectivity index (χ4n) is 2.43. The molecule has 1 aromatic rings. The monoisotopic (exact) mass is 237 g/mol. The lowest BCUT2D eigenvalue weighted by atomic mass is 9.82. The lowest BCUT2D eigenvalue weighted by Gasteiger charge is -2.29. The van der Waals surface area contributed by atoms with E-state index in [1.807, 2.05) is 6.07 Å². The first-order valence-corrected chi connectivity index (χ1v) is 5.85. The molecule has 0 radical (unpaired) electrons. The number of hydrogen-bond donors (Lipinski definition) is 2. The third kappa shape index (κ3) is 3.03. The van der Waals surface area contributed by atoms with Gasteiger partial charge >= 0.3 is 5.97 Å². The molecule has 1 aliphatic rings. The molecule has 0 spiro atoms. The zero-order valence-electron chi connectivity index (χ0n) is 9.53. The van der Waals surface area contributed by atoms with E-state index in [0.717, 1.165) is 12.1 Å². The van der Waals surface area contributed by atoms with Gasteiger partial charge in [-0.1, -0.05) is 12.1 Å². The molecule has 17 heavy (non-hydrogen) atoms. The van der Waals surface area contributed by atoms with Gasteiger partial charge in [-0.15, -0.1) is 0 Å². The van der Waals surface area contributed by atoms with Crippen LogP contribution in [0.15, 0.2) is 24.3 Å². The molecular weight excluding hydrogens is 221 g/mol. The highest BCUT2D eigenvalue weighted by atomic mass is 19.1. The van der Waals surface area contributed by atoms with E-state index >= 15 is 0 Å². The van der Waals surface area contributed by atoms with Crippen LogP contribution in [0.2, 0.25) is 0 Å². The summed E-state index contributed by atoms with van der Waals surface area (Å²) in [4.78, 5) is 11.1. The highest BCUT2D eigenvalue weighted by Gasteiger charge is 2.30. The van der Waals surface area contributed by atoms with Crippen LogP contribution in [0.25, 0.3) is 0 Å². The van der Waals surface area contributed by atoms with Crippen LogP contribution in [-0.4, -0.2) is 24.2 Å². The number of carboxylic acids is 1. The van der Waals surface area contributed by atoms with Crippen molar-refractivity contribution in [2.75, 3.05) is 13.1 Å². The molecule has 2 atom stereocenters. The Balaban J connectivity index is 2.08. The molecule has 0 aromatic heterocycles. The Morgan fingerprint density at radius 3 is 3.06 bits per heavy atom. The average molecular weight is 237 g/mol. The van der Waals surface area contributed by atoms with Crippen molar-refractivity contribution < 1.29 is 14.3 Å². The zero-order valence-corrected chi connectivity index (χ0v) is 9.53. The fraction of sp³-hybridized carbons (Fsp3) is 0.462. The fourth-order valence-corrected chi connectivity index (χ4v) is 2.43. The van der Waals surface area contributed by atoms with E-state index in [4.69, 9.17) is 5.11 Å². The minimum absolute atomic E-state index is 0.0445. The lowest BCUT2D eigenvalue weighted by Crippen LogP contribution is -2.41. The predicted molar refractivity (Wildman–Crippen MR) is 62.2 cm³/mol. The SMILES string of the molecule is O=C(O)C1CCNCC1Cc1cccc(F)c1. The second-order valence-corrected chi connectivity index (χ2v) is 4.53. The smallest absolute Gasteiger partial charge is 0.306 e. The van der Waals surface area contributed by atoms with E-state index in [1.165, 1.54) is 12.1 Å². The molecule has 4 heteroatoms. The van der Waals surface area contributed by atoms with Crippen molar-refractivity contribution in [2.45, 2.75) is 12.8 Å². The van der Waals surface area contributed by atoms with Gasteiger partial charge in [0.15, 0.2) is 0 Å². The Morgan fingerprint density at radius 2 is 2.35 bits per heavy atom. The van der Waals surface area contributed by atoms with Gasteiger partial charge in [0.2, 0.25) is 0 Å². The maximum Gasteiger partial charge on any atom is 0.306 e. The molecule has 2 rings (SSSR count). The van der Waals surface area contributed by atoms with E-state index in [1.54, 1.807) is 6.07 Å². The molecule has 1 saturated heterocycles. The van der Waals surface area contributed by atoms with Gasteiger partial charge in [-0.25, -0.2) is 4.39 Å². The van der Waals surface area contributed by atoms with Gasteiger partial charge < -0.3 is 10.4 Å². The number of halogens is 1. The summed E-state index contributed by atoms with van der Waals surface area (Å²) in [5.41, 5.74) is 0.866. The van der Waals surface area contributed by atoms with Crippen molar-refractivity contribution >= 4 is 5.97 Å². The number of nitrogens with one attached hydrogen (secondary N) is 1. The largest absolute Gasteiger partial charge is 0.481 e. The van der Waals surface area contributed by atoms with Crippen molar-refractivity contribution in [1.82, 2.24) is 5.32 Å². The van der Waals surface area contributed by atoms with Gasteiger partial charge in [-0.05, 0) is 49.5 Å². The third-order valence-corrected chi connectivity index (χ3v) is 3.31. The Morgan fingerprint density at radius 1 is 1.53 bits per heavy atom. The molecule has 1 aromatic carbocycles. The number of hydrogen-bond acceptors (Lipinski definition) is 2. The quantitative estimate of drug-likeness (QED) is 0.841. The molecule has 2 N–H and O–H groups in total. The summed E-state index contributed by atoms with van der Waals surface area (Å²) in [6.07, 6.45) is 1.26. The van der Waals surface area contributed by atoms with Crippen molar-refractivity contribution in [1.29, 1.82) is 0 Å². The maximum absolute atomic E-state index is 13.0. The zero-order chi connectivity index (χ0) is 12.3. The minimum atomic E-state index is -0.743. The highest BCUT2D eigenvalue weighted by molar-refractivity contribution is 5.70. The van der Waals surface area contributed by atoms with E-state index in [0.29, 0.717) is 19.4 Å². The van der Waals surface area contributed by atoms with Gasteiger partial charge in [-0.3, -0.25) is 4.79 Å². The van der Waals surface area contributed by atoms with Crippen molar-refractivity contribution in [2.24, 2.45) is 11.8 Å².